The lowest BCUT2D eigenvalue weighted by molar-refractivity contribution is -0.121. The van der Waals surface area contributed by atoms with Gasteiger partial charge in [0.25, 0.3) is 0 Å². The second-order valence-electron chi connectivity index (χ2n) is 3.94. The smallest absolute Gasteiger partial charge is 0.220 e. The van der Waals surface area contributed by atoms with E-state index in [1.807, 2.05) is 13.1 Å². The summed E-state index contributed by atoms with van der Waals surface area (Å²) in [6.07, 6.45) is 2.03. The third-order valence-electron chi connectivity index (χ3n) is 2.46. The van der Waals surface area contributed by atoms with E-state index in [-0.39, 0.29) is 24.1 Å². The molecule has 1 aromatic rings. The highest BCUT2D eigenvalue weighted by molar-refractivity contribution is 5.85. The molecule has 0 saturated heterocycles. The Morgan fingerprint density at radius 3 is 2.78 bits per heavy atom. The molecular formula is C13H20ClFN2O. The van der Waals surface area contributed by atoms with Gasteiger partial charge < -0.3 is 10.6 Å². The number of amides is 1. The molecule has 3 nitrogen and oxygen atoms in total. The molecule has 2 N–H and O–H groups in total. The zero-order valence-corrected chi connectivity index (χ0v) is 11.4. The van der Waals surface area contributed by atoms with E-state index in [1.165, 1.54) is 12.1 Å². The van der Waals surface area contributed by atoms with Crippen LogP contribution in [0.15, 0.2) is 24.3 Å². The molecule has 5 heteroatoms. The van der Waals surface area contributed by atoms with Crippen LogP contribution in [0.2, 0.25) is 0 Å². The average Bonchev–Trinajstić information content (AvgIpc) is 2.29. The van der Waals surface area contributed by atoms with Crippen molar-refractivity contribution < 1.29 is 9.18 Å². The second-order valence-corrected chi connectivity index (χ2v) is 3.94. The molecule has 0 spiro atoms. The molecule has 102 valence electrons. The Balaban J connectivity index is 0.00000289. The van der Waals surface area contributed by atoms with Crippen LogP contribution in [0.1, 0.15) is 18.4 Å². The van der Waals surface area contributed by atoms with Crippen molar-refractivity contribution in [2.24, 2.45) is 0 Å². The van der Waals surface area contributed by atoms with Crippen molar-refractivity contribution in [1.82, 2.24) is 10.6 Å². The maximum absolute atomic E-state index is 12.9. The van der Waals surface area contributed by atoms with E-state index in [4.69, 9.17) is 0 Å². The Morgan fingerprint density at radius 2 is 2.11 bits per heavy atom. The third kappa shape index (κ3) is 7.25. The van der Waals surface area contributed by atoms with E-state index in [1.54, 1.807) is 6.07 Å². The molecule has 1 amide bonds. The monoisotopic (exact) mass is 274 g/mol. The summed E-state index contributed by atoms with van der Waals surface area (Å²) >= 11 is 0. The minimum absolute atomic E-state index is 0. The highest BCUT2D eigenvalue weighted by Crippen LogP contribution is 2.03. The molecule has 0 aromatic heterocycles. The van der Waals surface area contributed by atoms with Crippen LogP contribution in [0.5, 0.6) is 0 Å². The molecule has 0 aliphatic heterocycles. The molecule has 0 aliphatic rings. The molecule has 0 bridgehead atoms. The summed E-state index contributed by atoms with van der Waals surface area (Å²) in [7, 11) is 1.86. The summed E-state index contributed by atoms with van der Waals surface area (Å²) < 4.78 is 12.9. The quantitative estimate of drug-likeness (QED) is 0.746. The van der Waals surface area contributed by atoms with E-state index in [2.05, 4.69) is 10.6 Å². The van der Waals surface area contributed by atoms with Crippen molar-refractivity contribution in [3.05, 3.63) is 35.6 Å². The minimum atomic E-state index is -0.233. The first kappa shape index (κ1) is 16.9. The van der Waals surface area contributed by atoms with Gasteiger partial charge in [0.05, 0.1) is 0 Å². The molecule has 0 radical (unpaired) electrons. The van der Waals surface area contributed by atoms with Crippen LogP contribution >= 0.6 is 12.4 Å². The largest absolute Gasteiger partial charge is 0.356 e. The van der Waals surface area contributed by atoms with Gasteiger partial charge in [0.15, 0.2) is 0 Å². The van der Waals surface area contributed by atoms with Crippen molar-refractivity contribution in [1.29, 1.82) is 0 Å². The zero-order valence-electron chi connectivity index (χ0n) is 10.5. The number of benzene rings is 1. The van der Waals surface area contributed by atoms with Crippen molar-refractivity contribution in [3.63, 3.8) is 0 Å². The molecule has 0 fully saturated rings. The molecule has 1 rings (SSSR count). The van der Waals surface area contributed by atoms with Crippen molar-refractivity contribution in [2.75, 3.05) is 20.1 Å². The standard InChI is InChI=1S/C13H19FN2O.ClH/c1-15-8-3-6-13(17)16-9-7-11-4-2-5-12(14)10-11;/h2,4-5,10,15H,3,6-9H2,1H3,(H,16,17);1H. The second kappa shape index (κ2) is 9.85. The lowest BCUT2D eigenvalue weighted by atomic mass is 10.1. The number of carbonyl (C=O) groups excluding carboxylic acids is 1. The lowest BCUT2D eigenvalue weighted by Gasteiger charge is -2.05. The first-order valence-corrected chi connectivity index (χ1v) is 5.88. The Bertz CT molecular complexity index is 361. The van der Waals surface area contributed by atoms with Crippen molar-refractivity contribution in [2.45, 2.75) is 19.3 Å². The number of halogens is 2. The zero-order chi connectivity index (χ0) is 12.5. The van der Waals surface area contributed by atoms with Crippen LogP contribution in [-0.2, 0) is 11.2 Å². The van der Waals surface area contributed by atoms with Crippen LogP contribution < -0.4 is 10.6 Å². The summed E-state index contributed by atoms with van der Waals surface area (Å²) in [5.41, 5.74) is 0.903. The summed E-state index contributed by atoms with van der Waals surface area (Å²) in [4.78, 5) is 11.4. The Labute approximate surface area is 114 Å². The van der Waals surface area contributed by atoms with Crippen molar-refractivity contribution in [3.8, 4) is 0 Å². The highest BCUT2D eigenvalue weighted by Gasteiger charge is 2.00. The summed E-state index contributed by atoms with van der Waals surface area (Å²) in [6.45, 7) is 1.40. The highest BCUT2D eigenvalue weighted by atomic mass is 35.5. The van der Waals surface area contributed by atoms with Crippen LogP contribution in [0.4, 0.5) is 4.39 Å². The third-order valence-corrected chi connectivity index (χ3v) is 2.46. The Morgan fingerprint density at radius 1 is 1.33 bits per heavy atom. The minimum Gasteiger partial charge on any atom is -0.356 e. The molecule has 0 saturated carbocycles. The number of hydrogen-bond donors (Lipinski definition) is 2. The maximum atomic E-state index is 12.9. The van der Waals surface area contributed by atoms with Gasteiger partial charge in [0.1, 0.15) is 5.82 Å². The van der Waals surface area contributed by atoms with E-state index < -0.39 is 0 Å². The fourth-order valence-corrected chi connectivity index (χ4v) is 1.55. The van der Waals surface area contributed by atoms with Crippen LogP contribution in [-0.4, -0.2) is 26.0 Å². The van der Waals surface area contributed by atoms with Gasteiger partial charge in [-0.15, -0.1) is 12.4 Å². The van der Waals surface area contributed by atoms with Crippen LogP contribution in [0, 0.1) is 5.82 Å². The van der Waals surface area contributed by atoms with E-state index >= 15 is 0 Å². The van der Waals surface area contributed by atoms with E-state index in [9.17, 15) is 9.18 Å². The fourth-order valence-electron chi connectivity index (χ4n) is 1.55. The number of rotatable bonds is 7. The first-order valence-electron chi connectivity index (χ1n) is 5.88. The van der Waals surface area contributed by atoms with Gasteiger partial charge in [-0.05, 0) is 44.1 Å². The molecular weight excluding hydrogens is 255 g/mol. The first-order chi connectivity index (χ1) is 8.22. The van der Waals surface area contributed by atoms with Crippen LogP contribution in [0.25, 0.3) is 0 Å². The average molecular weight is 275 g/mol. The van der Waals surface area contributed by atoms with E-state index in [0.29, 0.717) is 19.4 Å². The van der Waals surface area contributed by atoms with Gasteiger partial charge in [-0.3, -0.25) is 4.79 Å². The molecule has 0 aliphatic carbocycles. The number of hydrogen-bond acceptors (Lipinski definition) is 2. The summed E-state index contributed by atoms with van der Waals surface area (Å²) in [5, 5.41) is 5.81. The van der Waals surface area contributed by atoms with Gasteiger partial charge in [-0.2, -0.15) is 0 Å². The molecule has 0 heterocycles. The normalized spacial score (nSPS) is 9.67. The summed E-state index contributed by atoms with van der Waals surface area (Å²) in [5.74, 6) is -0.181. The maximum Gasteiger partial charge on any atom is 0.220 e. The predicted molar refractivity (Wildman–Crippen MR) is 73.5 cm³/mol. The van der Waals surface area contributed by atoms with Gasteiger partial charge in [0.2, 0.25) is 5.91 Å². The molecule has 18 heavy (non-hydrogen) atoms. The molecule has 1 aromatic carbocycles. The van der Waals surface area contributed by atoms with Gasteiger partial charge in [-0.1, -0.05) is 12.1 Å². The molecule has 0 atom stereocenters. The van der Waals surface area contributed by atoms with Gasteiger partial charge in [-0.25, -0.2) is 4.39 Å². The van der Waals surface area contributed by atoms with Crippen molar-refractivity contribution >= 4 is 18.3 Å². The Kier molecular flexibility index (Phi) is 9.24. The topological polar surface area (TPSA) is 41.1 Å². The van der Waals surface area contributed by atoms with E-state index in [0.717, 1.165) is 18.5 Å². The summed E-state index contributed by atoms with van der Waals surface area (Å²) in [6, 6.07) is 6.45. The van der Waals surface area contributed by atoms with Crippen LogP contribution in [0.3, 0.4) is 0 Å². The Hall–Kier alpha value is -1.13. The number of nitrogens with one attached hydrogen (secondary N) is 2. The van der Waals surface area contributed by atoms with Gasteiger partial charge in [0, 0.05) is 13.0 Å². The SMILES string of the molecule is CNCCCC(=O)NCCc1cccc(F)c1.Cl. The lowest BCUT2D eigenvalue weighted by Crippen LogP contribution is -2.26. The van der Waals surface area contributed by atoms with Gasteiger partial charge >= 0.3 is 0 Å². The predicted octanol–water partition coefficient (Wildman–Crippen LogP) is 1.91. The molecule has 0 unspecified atom stereocenters. The number of carbonyl (C=O) groups is 1. The fraction of sp³-hybridized carbons (Fsp3) is 0.462.